The lowest BCUT2D eigenvalue weighted by Crippen LogP contribution is -2.40. The van der Waals surface area contributed by atoms with Gasteiger partial charge in [-0.25, -0.2) is 9.59 Å². The number of cyclic esters (lactones) is 4. The highest BCUT2D eigenvalue weighted by Gasteiger charge is 2.41. The topological polar surface area (TPSA) is 158 Å². The van der Waals surface area contributed by atoms with Gasteiger partial charge in [0, 0.05) is 0 Å². The fraction of sp³-hybridized carbons (Fsp3) is 0.857. The second kappa shape index (κ2) is 8.39. The third-order valence-corrected chi connectivity index (χ3v) is 7.66. The van der Waals surface area contributed by atoms with E-state index in [0.29, 0.717) is 0 Å². The zero-order valence-electron chi connectivity index (χ0n) is 15.5. The zero-order valence-corrected chi connectivity index (χ0v) is 17.1. The Morgan fingerprint density at radius 3 is 1.86 bits per heavy atom. The van der Waals surface area contributed by atoms with Gasteiger partial charge in [0.2, 0.25) is 0 Å². The van der Waals surface area contributed by atoms with E-state index in [1.165, 1.54) is 20.8 Å². The average molecular weight is 446 g/mol. The van der Waals surface area contributed by atoms with E-state index in [4.69, 9.17) is 8.37 Å². The lowest BCUT2D eigenvalue weighted by molar-refractivity contribution is 0.0986. The maximum Gasteiger partial charge on any atom is 0.508 e. The van der Waals surface area contributed by atoms with Gasteiger partial charge in [-0.2, -0.15) is 16.8 Å². The van der Waals surface area contributed by atoms with E-state index >= 15 is 0 Å². The van der Waals surface area contributed by atoms with Crippen LogP contribution in [0.3, 0.4) is 0 Å². The summed E-state index contributed by atoms with van der Waals surface area (Å²) in [4.78, 5) is 21.7. The largest absolute Gasteiger partial charge is 0.508 e. The highest BCUT2D eigenvalue weighted by atomic mass is 32.2. The van der Waals surface area contributed by atoms with Crippen molar-refractivity contribution >= 4 is 32.5 Å². The molecule has 0 radical (unpaired) electrons. The Morgan fingerprint density at radius 1 is 0.964 bits per heavy atom. The van der Waals surface area contributed by atoms with E-state index in [0.717, 1.165) is 0 Å². The molecule has 3 unspecified atom stereocenters. The lowest BCUT2D eigenvalue weighted by atomic mass is 10.1. The molecule has 14 heteroatoms. The van der Waals surface area contributed by atoms with Crippen molar-refractivity contribution in [3.05, 3.63) is 0 Å². The molecular formula is C14H22O12S2. The molecule has 162 valence electrons. The first-order valence-electron chi connectivity index (χ1n) is 8.26. The van der Waals surface area contributed by atoms with Crippen LogP contribution in [0, 0.1) is 0 Å². The summed E-state index contributed by atoms with van der Waals surface area (Å²) in [5.41, 5.74) is 0. The molecule has 0 bridgehead atoms. The van der Waals surface area contributed by atoms with Gasteiger partial charge in [0.25, 0.3) is 20.2 Å². The number of hydrogen-bond acceptors (Lipinski definition) is 12. The van der Waals surface area contributed by atoms with Gasteiger partial charge in [-0.05, 0) is 27.2 Å². The summed E-state index contributed by atoms with van der Waals surface area (Å²) in [6, 6.07) is 0. The van der Waals surface area contributed by atoms with Crippen molar-refractivity contribution in [3.63, 3.8) is 0 Å². The van der Waals surface area contributed by atoms with E-state index in [1.807, 2.05) is 0 Å². The van der Waals surface area contributed by atoms with Crippen molar-refractivity contribution < 1.29 is 53.7 Å². The molecule has 0 N–H and O–H groups in total. The highest BCUT2D eigenvalue weighted by molar-refractivity contribution is 7.88. The predicted octanol–water partition coefficient (Wildman–Crippen LogP) is 0.307. The van der Waals surface area contributed by atoms with Gasteiger partial charge in [-0.3, -0.25) is 8.37 Å². The first-order valence-corrected chi connectivity index (χ1v) is 11.1. The molecule has 12 nitrogen and oxygen atoms in total. The van der Waals surface area contributed by atoms with Gasteiger partial charge >= 0.3 is 12.3 Å². The molecule has 0 aromatic rings. The summed E-state index contributed by atoms with van der Waals surface area (Å²) in [5, 5.41) is -1.20. The van der Waals surface area contributed by atoms with E-state index < -0.39 is 68.0 Å². The van der Waals surface area contributed by atoms with E-state index in [9.17, 15) is 26.4 Å². The molecule has 0 saturated carbocycles. The second-order valence-electron chi connectivity index (χ2n) is 6.89. The molecule has 3 atom stereocenters. The first-order chi connectivity index (χ1) is 12.8. The molecule has 0 aromatic carbocycles. The summed E-state index contributed by atoms with van der Waals surface area (Å²) in [6.07, 6.45) is -3.88. The fourth-order valence-corrected chi connectivity index (χ4v) is 4.81. The Hall–Kier alpha value is -1.64. The molecule has 2 rings (SSSR count). The van der Waals surface area contributed by atoms with Gasteiger partial charge in [0.05, 0.1) is 10.00 Å². The molecule has 2 heterocycles. The van der Waals surface area contributed by atoms with Crippen LogP contribution in [0.2, 0.25) is 0 Å². The molecule has 0 aliphatic carbocycles. The van der Waals surface area contributed by atoms with Crippen LogP contribution in [0.4, 0.5) is 9.59 Å². The smallest absolute Gasteiger partial charge is 0.430 e. The van der Waals surface area contributed by atoms with Crippen molar-refractivity contribution in [2.45, 2.75) is 49.4 Å². The Bertz CT molecular complexity index is 800. The maximum atomic E-state index is 12.4. The van der Waals surface area contributed by atoms with Gasteiger partial charge in [0.15, 0.2) is 12.2 Å². The molecule has 2 aliphatic rings. The predicted molar refractivity (Wildman–Crippen MR) is 90.3 cm³/mol. The van der Waals surface area contributed by atoms with Gasteiger partial charge in [-0.15, -0.1) is 0 Å². The number of rotatable bonds is 10. The van der Waals surface area contributed by atoms with Crippen molar-refractivity contribution in [2.24, 2.45) is 0 Å². The standard InChI is InChI=1S/C14H22O12S2/c1-9(27(17,18)23-7-10-5-21-12(15)25-10)4-14(2,3)28(19,20)24-8-11-6-22-13(16)26-11/h9-11H,4-8H2,1-3H3. The van der Waals surface area contributed by atoms with Crippen LogP contribution in [0.1, 0.15) is 27.2 Å². The minimum atomic E-state index is -4.21. The third-order valence-electron chi connectivity index (χ3n) is 4.08. The number of carbonyl (C=O) groups is 2. The molecule has 2 aliphatic heterocycles. The Labute approximate surface area is 162 Å². The summed E-state index contributed by atoms with van der Waals surface area (Å²) in [5.74, 6) is 0. The SMILES string of the molecule is CC(CC(C)(C)S(=O)(=O)OCC1COC(=O)O1)S(=O)(=O)OCC1COC(=O)O1. The quantitative estimate of drug-likeness (QED) is 0.334. The van der Waals surface area contributed by atoms with Crippen LogP contribution in [0.25, 0.3) is 0 Å². The molecule has 0 aromatic heterocycles. The minimum absolute atomic E-state index is 0.133. The average Bonchev–Trinajstić information content (AvgIpc) is 3.19. The second-order valence-corrected chi connectivity index (χ2v) is 11.2. The molecule has 0 amide bonds. The molecule has 28 heavy (non-hydrogen) atoms. The zero-order chi connectivity index (χ0) is 21.2. The Morgan fingerprint density at radius 2 is 1.43 bits per heavy atom. The summed E-state index contributed by atoms with van der Waals surface area (Å²) < 4.78 is 76.0. The maximum absolute atomic E-state index is 12.4. The van der Waals surface area contributed by atoms with E-state index in [-0.39, 0.29) is 19.6 Å². The van der Waals surface area contributed by atoms with E-state index in [1.54, 1.807) is 0 Å². The van der Waals surface area contributed by atoms with Crippen LogP contribution in [0.5, 0.6) is 0 Å². The minimum Gasteiger partial charge on any atom is -0.430 e. The van der Waals surface area contributed by atoms with Crippen molar-refractivity contribution in [3.8, 4) is 0 Å². The van der Waals surface area contributed by atoms with Gasteiger partial charge in [-0.1, -0.05) is 0 Å². The van der Waals surface area contributed by atoms with Gasteiger partial charge in [0.1, 0.15) is 26.4 Å². The summed E-state index contributed by atoms with van der Waals surface area (Å²) in [6.45, 7) is 2.75. The Balaban J connectivity index is 1.90. The fourth-order valence-electron chi connectivity index (χ4n) is 2.40. The number of hydrogen-bond donors (Lipinski definition) is 0. The number of ether oxygens (including phenoxy) is 4. The lowest BCUT2D eigenvalue weighted by Gasteiger charge is -2.27. The van der Waals surface area contributed by atoms with E-state index in [2.05, 4.69) is 18.9 Å². The first kappa shape index (κ1) is 22.6. The van der Waals surface area contributed by atoms with Crippen LogP contribution >= 0.6 is 0 Å². The Kier molecular flexibility index (Phi) is 6.78. The van der Waals surface area contributed by atoms with Crippen molar-refractivity contribution in [2.75, 3.05) is 26.4 Å². The normalized spacial score (nSPS) is 24.2. The van der Waals surface area contributed by atoms with Crippen LogP contribution < -0.4 is 0 Å². The monoisotopic (exact) mass is 446 g/mol. The molecular weight excluding hydrogens is 424 g/mol. The summed E-state index contributed by atoms with van der Waals surface area (Å²) >= 11 is 0. The molecule has 2 saturated heterocycles. The third kappa shape index (κ3) is 5.68. The highest BCUT2D eigenvalue weighted by Crippen LogP contribution is 2.28. The van der Waals surface area contributed by atoms with Gasteiger partial charge < -0.3 is 18.9 Å². The van der Waals surface area contributed by atoms with Crippen molar-refractivity contribution in [1.82, 2.24) is 0 Å². The van der Waals surface area contributed by atoms with Crippen LogP contribution in [-0.2, 0) is 47.5 Å². The number of carbonyl (C=O) groups excluding carboxylic acids is 2. The van der Waals surface area contributed by atoms with Crippen molar-refractivity contribution in [1.29, 1.82) is 0 Å². The summed E-state index contributed by atoms with van der Waals surface area (Å²) in [7, 11) is -8.37. The van der Waals surface area contributed by atoms with Crippen LogP contribution in [0.15, 0.2) is 0 Å². The molecule has 2 fully saturated rings. The van der Waals surface area contributed by atoms with Crippen LogP contribution in [-0.4, -0.2) is 77.8 Å². The molecule has 0 spiro atoms.